The van der Waals surface area contributed by atoms with Crippen LogP contribution < -0.4 is 4.74 Å². The van der Waals surface area contributed by atoms with Crippen molar-refractivity contribution in [2.75, 3.05) is 7.11 Å². The lowest BCUT2D eigenvalue weighted by Gasteiger charge is -2.08. The number of fused-ring (bicyclic) bond motifs is 1. The molecule has 0 radical (unpaired) electrons. The van der Waals surface area contributed by atoms with Crippen LogP contribution in [0.5, 0.6) is 5.75 Å². The molecule has 112 valence electrons. The van der Waals surface area contributed by atoms with Gasteiger partial charge in [-0.3, -0.25) is 0 Å². The van der Waals surface area contributed by atoms with Crippen molar-refractivity contribution in [1.29, 1.82) is 0 Å². The highest BCUT2D eigenvalue weighted by Gasteiger charge is 2.18. The molecule has 2 aromatic heterocycles. The average molecular weight is 297 g/mol. The van der Waals surface area contributed by atoms with Gasteiger partial charge in [0.05, 0.1) is 23.8 Å². The summed E-state index contributed by atoms with van der Waals surface area (Å²) < 4.78 is 5.24. The molecule has 3 rings (SSSR count). The second-order valence-corrected chi connectivity index (χ2v) is 4.81. The number of aromatic amines is 1. The molecule has 2 N–H and O–H groups in total. The summed E-state index contributed by atoms with van der Waals surface area (Å²) in [6.07, 6.45) is 2.11. The normalized spacial score (nSPS) is 10.8. The zero-order valence-electron chi connectivity index (χ0n) is 12.3. The highest BCUT2D eigenvalue weighted by Crippen LogP contribution is 2.30. The summed E-state index contributed by atoms with van der Waals surface area (Å²) >= 11 is 0. The summed E-state index contributed by atoms with van der Waals surface area (Å²) in [5, 5.41) is 9.88. The van der Waals surface area contributed by atoms with Gasteiger partial charge in [0.25, 0.3) is 0 Å². The van der Waals surface area contributed by atoms with Gasteiger partial charge in [0.15, 0.2) is 0 Å². The Balaban J connectivity index is 2.34. The van der Waals surface area contributed by atoms with Crippen LogP contribution >= 0.6 is 0 Å². The summed E-state index contributed by atoms with van der Waals surface area (Å²) in [4.78, 5) is 23.3. The van der Waals surface area contributed by atoms with Crippen LogP contribution in [0.3, 0.4) is 0 Å². The van der Waals surface area contributed by atoms with Crippen molar-refractivity contribution in [2.45, 2.75) is 13.3 Å². The second-order valence-electron chi connectivity index (χ2n) is 4.81. The summed E-state index contributed by atoms with van der Waals surface area (Å²) in [5.74, 6) is 0.335. The molecule has 0 saturated heterocycles. The fourth-order valence-electron chi connectivity index (χ4n) is 2.39. The average Bonchev–Trinajstić information content (AvgIpc) is 2.98. The molecule has 0 amide bonds. The number of benzene rings is 1. The summed E-state index contributed by atoms with van der Waals surface area (Å²) in [7, 11) is 1.59. The molecular formula is C16H15N3O3. The van der Waals surface area contributed by atoms with Gasteiger partial charge in [-0.2, -0.15) is 0 Å². The maximum atomic E-state index is 11.4. The molecule has 0 atom stereocenters. The first-order valence-corrected chi connectivity index (χ1v) is 6.89. The van der Waals surface area contributed by atoms with Crippen molar-refractivity contribution in [3.63, 3.8) is 0 Å². The Hall–Kier alpha value is -2.89. The lowest BCUT2D eigenvalue weighted by Crippen LogP contribution is -2.00. The van der Waals surface area contributed by atoms with Crippen molar-refractivity contribution in [2.24, 2.45) is 0 Å². The zero-order valence-corrected chi connectivity index (χ0v) is 12.3. The van der Waals surface area contributed by atoms with Gasteiger partial charge in [-0.25, -0.2) is 14.8 Å². The van der Waals surface area contributed by atoms with E-state index < -0.39 is 5.97 Å². The fraction of sp³-hybridized carbons (Fsp3) is 0.188. The smallest absolute Gasteiger partial charge is 0.338 e. The van der Waals surface area contributed by atoms with Gasteiger partial charge in [-0.05, 0) is 12.1 Å². The first-order valence-electron chi connectivity index (χ1n) is 6.89. The van der Waals surface area contributed by atoms with Gasteiger partial charge in [0, 0.05) is 18.2 Å². The van der Waals surface area contributed by atoms with E-state index in [2.05, 4.69) is 15.0 Å². The first-order chi connectivity index (χ1) is 10.6. The number of nitrogens with zero attached hydrogens (tertiary/aromatic N) is 2. The van der Waals surface area contributed by atoms with Gasteiger partial charge < -0.3 is 14.8 Å². The molecule has 0 aliphatic carbocycles. The topological polar surface area (TPSA) is 88.1 Å². The SMILES string of the molecule is CCc1nc(-c2cccc(OC)c2)c2c(C(=O)O)c[nH]c2n1. The van der Waals surface area contributed by atoms with Crippen molar-refractivity contribution in [3.05, 3.63) is 41.9 Å². The molecule has 6 nitrogen and oxygen atoms in total. The third-order valence-corrected chi connectivity index (χ3v) is 3.47. The van der Waals surface area contributed by atoms with Crippen molar-refractivity contribution in [3.8, 4) is 17.0 Å². The summed E-state index contributed by atoms with van der Waals surface area (Å²) in [5.41, 5.74) is 2.08. The van der Waals surface area contributed by atoms with Crippen LogP contribution in [0.4, 0.5) is 0 Å². The van der Waals surface area contributed by atoms with Crippen LogP contribution in [0, 0.1) is 0 Å². The molecule has 0 fully saturated rings. The van der Waals surface area contributed by atoms with E-state index >= 15 is 0 Å². The fourth-order valence-corrected chi connectivity index (χ4v) is 2.39. The second kappa shape index (κ2) is 5.48. The first kappa shape index (κ1) is 14.1. The molecule has 2 heterocycles. The number of aromatic carboxylic acids is 1. The number of aryl methyl sites for hydroxylation is 1. The molecular weight excluding hydrogens is 282 g/mol. The molecule has 22 heavy (non-hydrogen) atoms. The number of ether oxygens (including phenoxy) is 1. The molecule has 3 aromatic rings. The maximum absolute atomic E-state index is 11.4. The van der Waals surface area contributed by atoms with Crippen LogP contribution in [-0.4, -0.2) is 33.1 Å². The van der Waals surface area contributed by atoms with Gasteiger partial charge >= 0.3 is 5.97 Å². The van der Waals surface area contributed by atoms with Crippen LogP contribution in [-0.2, 0) is 6.42 Å². The minimum atomic E-state index is -1.01. The van der Waals surface area contributed by atoms with Gasteiger partial charge in [-0.15, -0.1) is 0 Å². The summed E-state index contributed by atoms with van der Waals surface area (Å²) in [6, 6.07) is 7.39. The Morgan fingerprint density at radius 1 is 1.36 bits per heavy atom. The third kappa shape index (κ3) is 2.28. The number of aromatic nitrogens is 3. The maximum Gasteiger partial charge on any atom is 0.338 e. The Morgan fingerprint density at radius 2 is 2.18 bits per heavy atom. The number of nitrogens with one attached hydrogen (secondary N) is 1. The van der Waals surface area contributed by atoms with Crippen LogP contribution in [0.2, 0.25) is 0 Å². The molecule has 0 saturated carbocycles. The monoisotopic (exact) mass is 297 g/mol. The minimum absolute atomic E-state index is 0.162. The van der Waals surface area contributed by atoms with E-state index in [0.29, 0.717) is 34.7 Å². The number of hydrogen-bond acceptors (Lipinski definition) is 4. The standard InChI is InChI=1S/C16H15N3O3/c1-3-12-18-14(9-5-4-6-10(7-9)22-2)13-11(16(20)21)8-17-15(13)19-12/h4-8H,3H2,1-2H3,(H,20,21)(H,17,18,19). The Bertz CT molecular complexity index is 855. The molecule has 0 unspecified atom stereocenters. The number of carboxylic acid groups (broad SMARTS) is 1. The van der Waals surface area contributed by atoms with Crippen molar-refractivity contribution >= 4 is 17.0 Å². The van der Waals surface area contributed by atoms with Gasteiger partial charge in [0.1, 0.15) is 17.2 Å². The van der Waals surface area contributed by atoms with E-state index in [1.165, 1.54) is 6.20 Å². The van der Waals surface area contributed by atoms with E-state index in [1.807, 2.05) is 31.2 Å². The number of rotatable bonds is 4. The quantitative estimate of drug-likeness (QED) is 0.773. The molecule has 6 heteroatoms. The predicted molar refractivity (Wildman–Crippen MR) is 82.2 cm³/mol. The number of carbonyl (C=O) groups is 1. The highest BCUT2D eigenvalue weighted by molar-refractivity contribution is 6.07. The van der Waals surface area contributed by atoms with Crippen molar-refractivity contribution in [1.82, 2.24) is 15.0 Å². The van der Waals surface area contributed by atoms with Crippen LogP contribution in [0.1, 0.15) is 23.1 Å². The number of methoxy groups -OCH3 is 1. The predicted octanol–water partition coefficient (Wildman–Crippen LogP) is 2.89. The van der Waals surface area contributed by atoms with Crippen molar-refractivity contribution < 1.29 is 14.6 Å². The van der Waals surface area contributed by atoms with E-state index in [1.54, 1.807) is 7.11 Å². The Morgan fingerprint density at radius 3 is 2.86 bits per heavy atom. The highest BCUT2D eigenvalue weighted by atomic mass is 16.5. The molecule has 0 aliphatic rings. The lowest BCUT2D eigenvalue weighted by molar-refractivity contribution is 0.0699. The van der Waals surface area contributed by atoms with E-state index in [4.69, 9.17) is 4.74 Å². The Labute approximate surface area is 126 Å². The number of hydrogen-bond donors (Lipinski definition) is 2. The summed E-state index contributed by atoms with van der Waals surface area (Å²) in [6.45, 7) is 1.96. The molecule has 0 bridgehead atoms. The van der Waals surface area contributed by atoms with Crippen LogP contribution in [0.25, 0.3) is 22.3 Å². The van der Waals surface area contributed by atoms with Gasteiger partial charge in [-0.1, -0.05) is 19.1 Å². The lowest BCUT2D eigenvalue weighted by atomic mass is 10.1. The molecule has 0 aliphatic heterocycles. The third-order valence-electron chi connectivity index (χ3n) is 3.47. The van der Waals surface area contributed by atoms with Crippen LogP contribution in [0.15, 0.2) is 30.5 Å². The minimum Gasteiger partial charge on any atom is -0.497 e. The van der Waals surface area contributed by atoms with Gasteiger partial charge in [0.2, 0.25) is 0 Å². The largest absolute Gasteiger partial charge is 0.497 e. The number of carboxylic acids is 1. The molecule has 1 aromatic carbocycles. The van der Waals surface area contributed by atoms with E-state index in [-0.39, 0.29) is 5.56 Å². The zero-order chi connectivity index (χ0) is 15.7. The Kier molecular flexibility index (Phi) is 3.50. The van der Waals surface area contributed by atoms with E-state index in [0.717, 1.165) is 5.56 Å². The van der Waals surface area contributed by atoms with E-state index in [9.17, 15) is 9.90 Å². The number of H-pyrrole nitrogens is 1. The molecule has 0 spiro atoms.